The third-order valence-corrected chi connectivity index (χ3v) is 3.88. The van der Waals surface area contributed by atoms with E-state index in [1.165, 1.54) is 12.0 Å². The molecule has 17 heavy (non-hydrogen) atoms. The van der Waals surface area contributed by atoms with E-state index in [1.54, 1.807) is 16.2 Å². The number of nitrogens with zero attached hydrogens (tertiary/aromatic N) is 1. The van der Waals surface area contributed by atoms with Crippen LogP contribution >= 0.6 is 11.3 Å². The zero-order valence-corrected chi connectivity index (χ0v) is 10.8. The van der Waals surface area contributed by atoms with Crippen molar-refractivity contribution in [3.8, 4) is 0 Å². The van der Waals surface area contributed by atoms with Gasteiger partial charge < -0.3 is 9.64 Å². The van der Waals surface area contributed by atoms with Crippen molar-refractivity contribution in [1.82, 2.24) is 4.90 Å². The molecule has 0 radical (unpaired) electrons. The highest BCUT2D eigenvalue weighted by Gasteiger charge is 2.34. The molecule has 0 saturated carbocycles. The van der Waals surface area contributed by atoms with Gasteiger partial charge in [0.15, 0.2) is 0 Å². The number of carbonyl (C=O) groups excluding carboxylic acids is 2. The molecule has 92 valence electrons. The number of likely N-dealkylation sites (tertiary alicyclic amines) is 1. The Balaban J connectivity index is 1.99. The molecule has 1 amide bonds. The number of methoxy groups -OCH3 is 1. The first-order chi connectivity index (χ1) is 8.10. The summed E-state index contributed by atoms with van der Waals surface area (Å²) in [7, 11) is 1.36. The fourth-order valence-corrected chi connectivity index (χ4v) is 2.91. The molecular formula is C12H15NO3S. The Morgan fingerprint density at radius 3 is 2.94 bits per heavy atom. The van der Waals surface area contributed by atoms with Gasteiger partial charge in [-0.25, -0.2) is 0 Å². The van der Waals surface area contributed by atoms with E-state index in [0.717, 1.165) is 4.88 Å². The second kappa shape index (κ2) is 4.87. The minimum atomic E-state index is -0.298. The fraction of sp³-hybridized carbons (Fsp3) is 0.500. The van der Waals surface area contributed by atoms with Crippen LogP contribution in [0.15, 0.2) is 12.1 Å². The molecule has 1 aliphatic heterocycles. The molecule has 1 aromatic heterocycles. The van der Waals surface area contributed by atoms with Crippen LogP contribution in [0.1, 0.15) is 16.2 Å². The molecule has 5 heteroatoms. The Bertz CT molecular complexity index is 441. The van der Waals surface area contributed by atoms with Gasteiger partial charge in [0.25, 0.3) is 0 Å². The Kier molecular flexibility index (Phi) is 3.47. The predicted octanol–water partition coefficient (Wildman–Crippen LogP) is 1.58. The first-order valence-electron chi connectivity index (χ1n) is 5.51. The number of thiophene rings is 1. The van der Waals surface area contributed by atoms with E-state index in [4.69, 9.17) is 0 Å². The van der Waals surface area contributed by atoms with Gasteiger partial charge in [-0.3, -0.25) is 9.59 Å². The molecule has 0 aromatic carbocycles. The van der Waals surface area contributed by atoms with Crippen LogP contribution in [0.4, 0.5) is 0 Å². The largest absolute Gasteiger partial charge is 0.469 e. The molecular weight excluding hydrogens is 238 g/mol. The summed E-state index contributed by atoms with van der Waals surface area (Å²) in [6, 6.07) is 4.07. The molecule has 1 aromatic rings. The van der Waals surface area contributed by atoms with Crippen molar-refractivity contribution in [3.63, 3.8) is 0 Å². The van der Waals surface area contributed by atoms with Gasteiger partial charge in [-0.15, -0.1) is 11.3 Å². The Hall–Kier alpha value is -1.36. The SMILES string of the molecule is COC(=O)C1CC(=O)N(Cc2ccc(C)s2)C1. The van der Waals surface area contributed by atoms with Crippen molar-refractivity contribution in [2.75, 3.05) is 13.7 Å². The molecule has 1 saturated heterocycles. The summed E-state index contributed by atoms with van der Waals surface area (Å²) in [6.45, 7) is 3.12. The lowest BCUT2D eigenvalue weighted by Crippen LogP contribution is -2.25. The maximum absolute atomic E-state index is 11.7. The standard InChI is InChI=1S/C12H15NO3S/c1-8-3-4-10(17-8)7-13-6-9(5-11(13)14)12(15)16-2/h3-4,9H,5-7H2,1-2H3. The van der Waals surface area contributed by atoms with Crippen LogP contribution in [-0.4, -0.2) is 30.4 Å². The van der Waals surface area contributed by atoms with Crippen molar-refractivity contribution in [2.24, 2.45) is 5.92 Å². The average molecular weight is 253 g/mol. The molecule has 1 unspecified atom stereocenters. The summed E-state index contributed by atoms with van der Waals surface area (Å²) in [5.41, 5.74) is 0. The predicted molar refractivity (Wildman–Crippen MR) is 64.6 cm³/mol. The lowest BCUT2D eigenvalue weighted by atomic mass is 10.1. The first kappa shape index (κ1) is 12.1. The maximum atomic E-state index is 11.7. The fourth-order valence-electron chi connectivity index (χ4n) is 2.01. The lowest BCUT2D eigenvalue weighted by Gasteiger charge is -2.14. The van der Waals surface area contributed by atoms with E-state index < -0.39 is 0 Å². The van der Waals surface area contributed by atoms with Gasteiger partial charge in [0.2, 0.25) is 5.91 Å². The van der Waals surface area contributed by atoms with Crippen molar-refractivity contribution in [2.45, 2.75) is 19.9 Å². The molecule has 0 bridgehead atoms. The molecule has 0 spiro atoms. The van der Waals surface area contributed by atoms with Crippen LogP contribution in [0.3, 0.4) is 0 Å². The van der Waals surface area contributed by atoms with Crippen molar-refractivity contribution in [3.05, 3.63) is 21.9 Å². The van der Waals surface area contributed by atoms with Crippen molar-refractivity contribution in [1.29, 1.82) is 0 Å². The molecule has 1 fully saturated rings. The van der Waals surface area contributed by atoms with E-state index in [2.05, 4.69) is 4.74 Å². The average Bonchev–Trinajstić information content (AvgIpc) is 2.86. The van der Waals surface area contributed by atoms with Crippen LogP contribution in [0.25, 0.3) is 0 Å². The third-order valence-electron chi connectivity index (χ3n) is 2.89. The van der Waals surface area contributed by atoms with Crippen LogP contribution in [-0.2, 0) is 20.9 Å². The van der Waals surface area contributed by atoms with Crippen molar-refractivity contribution < 1.29 is 14.3 Å². The number of rotatable bonds is 3. The minimum absolute atomic E-state index is 0.0338. The number of aryl methyl sites for hydroxylation is 1. The van der Waals surface area contributed by atoms with E-state index in [1.807, 2.05) is 19.1 Å². The summed E-state index contributed by atoms with van der Waals surface area (Å²) in [4.78, 5) is 27.2. The summed E-state index contributed by atoms with van der Waals surface area (Å²) in [6.07, 6.45) is 0.275. The van der Waals surface area contributed by atoms with E-state index in [9.17, 15) is 9.59 Å². The normalized spacial score (nSPS) is 19.8. The highest BCUT2D eigenvalue weighted by atomic mass is 32.1. The summed E-state index contributed by atoms with van der Waals surface area (Å²) in [5, 5.41) is 0. The second-order valence-electron chi connectivity index (χ2n) is 4.21. The molecule has 0 aliphatic carbocycles. The third kappa shape index (κ3) is 2.66. The summed E-state index contributed by atoms with van der Waals surface area (Å²) in [5.74, 6) is -0.553. The zero-order chi connectivity index (χ0) is 12.4. The van der Waals surface area contributed by atoms with Gasteiger partial charge in [-0.1, -0.05) is 0 Å². The molecule has 2 rings (SSSR count). The molecule has 4 nitrogen and oxygen atoms in total. The summed E-state index contributed by atoms with van der Waals surface area (Å²) >= 11 is 1.68. The Morgan fingerprint density at radius 1 is 1.59 bits per heavy atom. The minimum Gasteiger partial charge on any atom is -0.469 e. The van der Waals surface area contributed by atoms with Crippen LogP contribution in [0.2, 0.25) is 0 Å². The Labute approximate surface area is 104 Å². The smallest absolute Gasteiger partial charge is 0.310 e. The number of amides is 1. The molecule has 1 atom stereocenters. The van der Waals surface area contributed by atoms with Gasteiger partial charge in [-0.2, -0.15) is 0 Å². The monoisotopic (exact) mass is 253 g/mol. The number of ether oxygens (including phenoxy) is 1. The zero-order valence-electron chi connectivity index (χ0n) is 9.93. The Morgan fingerprint density at radius 2 is 2.35 bits per heavy atom. The molecule has 1 aliphatic rings. The van der Waals surface area contributed by atoms with E-state index in [0.29, 0.717) is 13.1 Å². The van der Waals surface area contributed by atoms with Crippen LogP contribution in [0, 0.1) is 12.8 Å². The van der Waals surface area contributed by atoms with Gasteiger partial charge in [-0.05, 0) is 19.1 Å². The number of hydrogen-bond donors (Lipinski definition) is 0. The van der Waals surface area contributed by atoms with E-state index in [-0.39, 0.29) is 24.2 Å². The van der Waals surface area contributed by atoms with Gasteiger partial charge in [0.1, 0.15) is 0 Å². The highest BCUT2D eigenvalue weighted by molar-refractivity contribution is 7.11. The maximum Gasteiger partial charge on any atom is 0.310 e. The molecule has 0 N–H and O–H groups in total. The number of esters is 1. The number of hydrogen-bond acceptors (Lipinski definition) is 4. The van der Waals surface area contributed by atoms with Gasteiger partial charge in [0.05, 0.1) is 19.6 Å². The second-order valence-corrected chi connectivity index (χ2v) is 5.58. The van der Waals surface area contributed by atoms with Crippen molar-refractivity contribution >= 4 is 23.2 Å². The molecule has 2 heterocycles. The lowest BCUT2D eigenvalue weighted by molar-refractivity contribution is -0.145. The number of carbonyl (C=O) groups is 2. The summed E-state index contributed by atoms with van der Waals surface area (Å²) < 4.78 is 4.67. The van der Waals surface area contributed by atoms with Gasteiger partial charge in [0, 0.05) is 22.7 Å². The topological polar surface area (TPSA) is 46.6 Å². The first-order valence-corrected chi connectivity index (χ1v) is 6.32. The quantitative estimate of drug-likeness (QED) is 0.768. The highest BCUT2D eigenvalue weighted by Crippen LogP contribution is 2.24. The van der Waals surface area contributed by atoms with Crippen LogP contribution < -0.4 is 0 Å². The van der Waals surface area contributed by atoms with Gasteiger partial charge >= 0.3 is 5.97 Å². The van der Waals surface area contributed by atoms with E-state index >= 15 is 0 Å². The van der Waals surface area contributed by atoms with Crippen LogP contribution in [0.5, 0.6) is 0 Å².